The Kier molecular flexibility index (Phi) is 8.59. The number of aromatic nitrogens is 1. The Morgan fingerprint density at radius 3 is 2.40 bits per heavy atom. The van der Waals surface area contributed by atoms with Gasteiger partial charge in [-0.3, -0.25) is 14.6 Å². The SMILES string of the molecule is C=CCC[C@H](O)CN1CCN(Cc2nc(C(=O)N3CCN(c4c(C)cccc4C)CC3)co2)CC1. The van der Waals surface area contributed by atoms with Crippen LogP contribution in [-0.4, -0.2) is 95.7 Å². The number of rotatable bonds is 9. The summed E-state index contributed by atoms with van der Waals surface area (Å²) in [6.45, 7) is 15.9. The third-order valence-electron chi connectivity index (χ3n) is 7.09. The lowest BCUT2D eigenvalue weighted by atomic mass is 10.1. The molecule has 1 aromatic carbocycles. The average molecular weight is 482 g/mol. The number of anilines is 1. The molecule has 1 atom stereocenters. The first-order chi connectivity index (χ1) is 16.9. The van der Waals surface area contributed by atoms with Gasteiger partial charge in [0.1, 0.15) is 6.26 Å². The summed E-state index contributed by atoms with van der Waals surface area (Å²) < 4.78 is 5.66. The van der Waals surface area contributed by atoms with Crippen LogP contribution in [0.4, 0.5) is 5.69 Å². The van der Waals surface area contributed by atoms with Crippen LogP contribution in [0.3, 0.4) is 0 Å². The molecule has 2 aliphatic heterocycles. The molecule has 0 spiro atoms. The van der Waals surface area contributed by atoms with E-state index in [1.54, 1.807) is 0 Å². The van der Waals surface area contributed by atoms with Gasteiger partial charge in [0.05, 0.1) is 12.6 Å². The minimum Gasteiger partial charge on any atom is -0.447 e. The number of hydrogen-bond donors (Lipinski definition) is 1. The lowest BCUT2D eigenvalue weighted by Gasteiger charge is -2.37. The number of allylic oxidation sites excluding steroid dienone is 1. The fraction of sp³-hybridized carbons (Fsp3) is 0.556. The average Bonchev–Trinajstić information content (AvgIpc) is 3.32. The van der Waals surface area contributed by atoms with Crippen molar-refractivity contribution in [1.29, 1.82) is 0 Å². The van der Waals surface area contributed by atoms with Crippen molar-refractivity contribution in [2.45, 2.75) is 39.3 Å². The van der Waals surface area contributed by atoms with E-state index in [1.165, 1.54) is 23.1 Å². The summed E-state index contributed by atoms with van der Waals surface area (Å²) in [5.74, 6) is 0.529. The highest BCUT2D eigenvalue weighted by Gasteiger charge is 2.26. The standard InChI is InChI=1S/C27H39N5O3/c1-4-5-9-23(33)18-29-10-12-30(13-11-29)19-25-28-24(20-35-25)27(34)32-16-14-31(15-17-32)26-21(2)7-6-8-22(26)3/h4,6-8,20,23,33H,1,5,9-19H2,2-3H3/t23-/m0/s1. The molecule has 35 heavy (non-hydrogen) atoms. The van der Waals surface area contributed by atoms with Gasteiger partial charge in [0.15, 0.2) is 5.69 Å². The van der Waals surface area contributed by atoms with E-state index in [4.69, 9.17) is 4.42 Å². The summed E-state index contributed by atoms with van der Waals surface area (Å²) in [5.41, 5.74) is 4.23. The van der Waals surface area contributed by atoms with Gasteiger partial charge in [-0.05, 0) is 37.8 Å². The molecule has 1 amide bonds. The lowest BCUT2D eigenvalue weighted by molar-refractivity contribution is 0.0642. The number of piperazine rings is 2. The Bertz CT molecular complexity index is 970. The molecule has 8 heteroatoms. The van der Waals surface area contributed by atoms with Gasteiger partial charge in [-0.2, -0.15) is 0 Å². The molecular formula is C27H39N5O3. The molecule has 1 aromatic heterocycles. The van der Waals surface area contributed by atoms with Gasteiger partial charge >= 0.3 is 0 Å². The number of amides is 1. The number of aliphatic hydroxyl groups excluding tert-OH is 1. The normalized spacial score (nSPS) is 18.6. The minimum atomic E-state index is -0.303. The van der Waals surface area contributed by atoms with E-state index in [-0.39, 0.29) is 12.0 Å². The van der Waals surface area contributed by atoms with Gasteiger partial charge < -0.3 is 19.3 Å². The number of aliphatic hydroxyl groups is 1. The highest BCUT2D eigenvalue weighted by atomic mass is 16.3. The van der Waals surface area contributed by atoms with Gasteiger partial charge in [-0.25, -0.2) is 4.98 Å². The maximum atomic E-state index is 13.0. The second-order valence-electron chi connectivity index (χ2n) is 9.74. The molecule has 0 unspecified atom stereocenters. The van der Waals surface area contributed by atoms with Crippen LogP contribution >= 0.6 is 0 Å². The van der Waals surface area contributed by atoms with Gasteiger partial charge in [-0.15, -0.1) is 6.58 Å². The summed E-state index contributed by atoms with van der Waals surface area (Å²) in [7, 11) is 0. The zero-order chi connectivity index (χ0) is 24.8. The number of β-amino-alcohol motifs (C(OH)–C–C–N with tert-alkyl or cyclic N) is 1. The van der Waals surface area contributed by atoms with Crippen LogP contribution in [0.1, 0.15) is 40.3 Å². The van der Waals surface area contributed by atoms with E-state index in [2.05, 4.69) is 58.3 Å². The molecule has 0 bridgehead atoms. The van der Waals surface area contributed by atoms with Crippen molar-refractivity contribution in [3.8, 4) is 0 Å². The monoisotopic (exact) mass is 481 g/mol. The van der Waals surface area contributed by atoms with Crippen molar-refractivity contribution < 1.29 is 14.3 Å². The predicted molar refractivity (Wildman–Crippen MR) is 138 cm³/mol. The van der Waals surface area contributed by atoms with Gasteiger partial charge in [0.2, 0.25) is 5.89 Å². The zero-order valence-electron chi connectivity index (χ0n) is 21.2. The minimum absolute atomic E-state index is 0.0560. The van der Waals surface area contributed by atoms with Crippen LogP contribution in [-0.2, 0) is 6.54 Å². The fourth-order valence-electron chi connectivity index (χ4n) is 5.10. The van der Waals surface area contributed by atoms with Crippen LogP contribution in [0.2, 0.25) is 0 Å². The number of para-hydroxylation sites is 1. The first-order valence-electron chi connectivity index (χ1n) is 12.7. The summed E-state index contributed by atoms with van der Waals surface area (Å²) in [6, 6.07) is 6.38. The number of nitrogens with zero attached hydrogens (tertiary/aromatic N) is 5. The van der Waals surface area contributed by atoms with E-state index in [0.29, 0.717) is 37.8 Å². The van der Waals surface area contributed by atoms with Crippen LogP contribution in [0, 0.1) is 13.8 Å². The first kappa shape index (κ1) is 25.4. The van der Waals surface area contributed by atoms with Crippen LogP contribution < -0.4 is 4.90 Å². The second-order valence-corrected chi connectivity index (χ2v) is 9.74. The Morgan fingerprint density at radius 2 is 1.74 bits per heavy atom. The third-order valence-corrected chi connectivity index (χ3v) is 7.09. The van der Waals surface area contributed by atoms with E-state index in [1.807, 2.05) is 11.0 Å². The van der Waals surface area contributed by atoms with Crippen LogP contribution in [0.5, 0.6) is 0 Å². The van der Waals surface area contributed by atoms with Gasteiger partial charge in [-0.1, -0.05) is 24.3 Å². The molecule has 2 aromatic rings. The number of benzene rings is 1. The largest absolute Gasteiger partial charge is 0.447 e. The Labute approximate surface area is 208 Å². The second kappa shape index (κ2) is 11.8. The van der Waals surface area contributed by atoms with Crippen LogP contribution in [0.15, 0.2) is 41.5 Å². The van der Waals surface area contributed by atoms with Crippen molar-refractivity contribution in [2.24, 2.45) is 0 Å². The summed E-state index contributed by atoms with van der Waals surface area (Å²) >= 11 is 0. The van der Waals surface area contributed by atoms with Gasteiger partial charge in [0.25, 0.3) is 5.91 Å². The van der Waals surface area contributed by atoms with Crippen molar-refractivity contribution in [3.05, 3.63) is 59.8 Å². The highest BCUT2D eigenvalue weighted by Crippen LogP contribution is 2.26. The molecule has 1 N–H and O–H groups in total. The molecule has 2 fully saturated rings. The van der Waals surface area contributed by atoms with Crippen molar-refractivity contribution >= 4 is 11.6 Å². The van der Waals surface area contributed by atoms with Crippen LogP contribution in [0.25, 0.3) is 0 Å². The molecule has 2 saturated heterocycles. The summed E-state index contributed by atoms with van der Waals surface area (Å²) in [4.78, 5) is 26.4. The van der Waals surface area contributed by atoms with E-state index < -0.39 is 0 Å². The number of carbonyl (C=O) groups excluding carboxylic acids is 1. The molecule has 8 nitrogen and oxygen atoms in total. The number of carbonyl (C=O) groups is 1. The van der Waals surface area contributed by atoms with E-state index in [0.717, 1.165) is 52.1 Å². The predicted octanol–water partition coefficient (Wildman–Crippen LogP) is 2.70. The first-order valence-corrected chi connectivity index (χ1v) is 12.7. The fourth-order valence-corrected chi connectivity index (χ4v) is 5.10. The number of oxazole rings is 1. The zero-order valence-corrected chi connectivity index (χ0v) is 21.2. The maximum absolute atomic E-state index is 13.0. The number of hydrogen-bond acceptors (Lipinski definition) is 7. The Hall–Kier alpha value is -2.68. The van der Waals surface area contributed by atoms with E-state index >= 15 is 0 Å². The van der Waals surface area contributed by atoms with E-state index in [9.17, 15) is 9.90 Å². The Morgan fingerprint density at radius 1 is 1.09 bits per heavy atom. The summed E-state index contributed by atoms with van der Waals surface area (Å²) in [6.07, 6.45) is 4.65. The quantitative estimate of drug-likeness (QED) is 0.552. The molecule has 4 rings (SSSR count). The third kappa shape index (κ3) is 6.51. The molecule has 190 valence electrons. The molecule has 2 aliphatic rings. The molecular weight excluding hydrogens is 442 g/mol. The smallest absolute Gasteiger partial charge is 0.275 e. The van der Waals surface area contributed by atoms with Crippen molar-refractivity contribution in [3.63, 3.8) is 0 Å². The summed E-state index contributed by atoms with van der Waals surface area (Å²) in [5, 5.41) is 10.1. The maximum Gasteiger partial charge on any atom is 0.275 e. The van der Waals surface area contributed by atoms with Gasteiger partial charge in [0, 0.05) is 64.6 Å². The Balaban J connectivity index is 1.23. The highest BCUT2D eigenvalue weighted by molar-refractivity contribution is 5.92. The molecule has 0 saturated carbocycles. The molecule has 0 radical (unpaired) electrons. The topological polar surface area (TPSA) is 76.3 Å². The van der Waals surface area contributed by atoms with Crippen molar-refractivity contribution in [1.82, 2.24) is 19.7 Å². The lowest BCUT2D eigenvalue weighted by Crippen LogP contribution is -2.49. The molecule has 0 aliphatic carbocycles. The molecule has 3 heterocycles. The number of aryl methyl sites for hydroxylation is 2. The van der Waals surface area contributed by atoms with Crippen molar-refractivity contribution in [2.75, 3.05) is 63.8 Å².